The fourth-order valence-corrected chi connectivity index (χ4v) is 2.33. The van der Waals surface area contributed by atoms with E-state index < -0.39 is 0 Å². The highest BCUT2D eigenvalue weighted by Gasteiger charge is 2.09. The van der Waals surface area contributed by atoms with Crippen molar-refractivity contribution in [3.8, 4) is 0 Å². The van der Waals surface area contributed by atoms with Crippen LogP contribution in [0.3, 0.4) is 0 Å². The van der Waals surface area contributed by atoms with Gasteiger partial charge in [-0.25, -0.2) is 8.78 Å². The number of hydrogen-bond donors (Lipinski definition) is 1. The molecule has 1 unspecified atom stereocenters. The van der Waals surface area contributed by atoms with Crippen molar-refractivity contribution in [1.29, 1.82) is 0 Å². The number of nitrogens with one attached hydrogen (secondary N) is 1. The molecule has 0 bridgehead atoms. The quantitative estimate of drug-likeness (QED) is 0.816. The summed E-state index contributed by atoms with van der Waals surface area (Å²) in [6, 6.07) is 9.60. The molecule has 0 aliphatic carbocycles. The van der Waals surface area contributed by atoms with Crippen LogP contribution >= 0.6 is 15.9 Å². The van der Waals surface area contributed by atoms with E-state index in [1.807, 2.05) is 19.9 Å². The second kappa shape index (κ2) is 5.70. The molecule has 2 rings (SSSR count). The molecule has 1 N–H and O–H groups in total. The molecular weight excluding hydrogens is 312 g/mol. The number of hydrogen-bond acceptors (Lipinski definition) is 1. The summed E-state index contributed by atoms with van der Waals surface area (Å²) in [6.07, 6.45) is 0. The molecule has 0 aromatic heterocycles. The van der Waals surface area contributed by atoms with Crippen molar-refractivity contribution in [3.63, 3.8) is 0 Å². The number of aryl methyl sites for hydroxylation is 1. The molecular formula is C15H14BrF2N. The minimum atomic E-state index is -0.294. The molecule has 0 spiro atoms. The van der Waals surface area contributed by atoms with E-state index in [1.165, 1.54) is 18.2 Å². The predicted octanol–water partition coefficient (Wildman–Crippen LogP) is 5.21. The van der Waals surface area contributed by atoms with Gasteiger partial charge in [-0.05, 0) is 71.2 Å². The van der Waals surface area contributed by atoms with Crippen LogP contribution in [0.25, 0.3) is 0 Å². The largest absolute Gasteiger partial charge is 0.378 e. The third kappa shape index (κ3) is 3.53. The van der Waals surface area contributed by atoms with Gasteiger partial charge in [0.15, 0.2) is 0 Å². The molecule has 19 heavy (non-hydrogen) atoms. The molecule has 0 heterocycles. The fourth-order valence-electron chi connectivity index (χ4n) is 1.93. The number of anilines is 1. The van der Waals surface area contributed by atoms with Crippen molar-refractivity contribution in [2.45, 2.75) is 19.9 Å². The summed E-state index contributed by atoms with van der Waals surface area (Å²) < 4.78 is 26.9. The van der Waals surface area contributed by atoms with Crippen LogP contribution in [-0.2, 0) is 0 Å². The van der Waals surface area contributed by atoms with Crippen molar-refractivity contribution >= 4 is 21.6 Å². The van der Waals surface area contributed by atoms with Gasteiger partial charge in [0, 0.05) is 11.7 Å². The Labute approximate surface area is 119 Å². The van der Waals surface area contributed by atoms with Crippen molar-refractivity contribution in [2.75, 3.05) is 5.32 Å². The van der Waals surface area contributed by atoms with E-state index in [0.717, 1.165) is 11.1 Å². The van der Waals surface area contributed by atoms with Gasteiger partial charge in [-0.1, -0.05) is 6.07 Å². The molecule has 0 amide bonds. The summed E-state index contributed by atoms with van der Waals surface area (Å²) in [7, 11) is 0. The van der Waals surface area contributed by atoms with E-state index in [0.29, 0.717) is 10.2 Å². The maximum absolute atomic E-state index is 13.3. The van der Waals surface area contributed by atoms with Gasteiger partial charge < -0.3 is 5.32 Å². The normalized spacial score (nSPS) is 12.3. The molecule has 2 aromatic rings. The van der Waals surface area contributed by atoms with Crippen LogP contribution in [0.5, 0.6) is 0 Å². The van der Waals surface area contributed by atoms with E-state index in [9.17, 15) is 8.78 Å². The lowest BCUT2D eigenvalue weighted by atomic mass is 10.1. The molecule has 0 saturated carbocycles. The molecule has 1 atom stereocenters. The summed E-state index contributed by atoms with van der Waals surface area (Å²) in [5.74, 6) is -0.562. The van der Waals surface area contributed by atoms with Crippen molar-refractivity contribution < 1.29 is 8.78 Å². The SMILES string of the molecule is Cc1cc(F)cc(NC(C)c2ccc(F)c(Br)c2)c1. The Kier molecular flexibility index (Phi) is 4.20. The van der Waals surface area contributed by atoms with Gasteiger partial charge in [-0.2, -0.15) is 0 Å². The van der Waals surface area contributed by atoms with Crippen LogP contribution < -0.4 is 5.32 Å². The molecule has 0 aliphatic rings. The first-order valence-electron chi connectivity index (χ1n) is 5.94. The smallest absolute Gasteiger partial charge is 0.137 e. The standard InChI is InChI=1S/C15H14BrF2N/c1-9-5-12(17)8-13(6-9)19-10(2)11-3-4-15(18)14(16)7-11/h3-8,10,19H,1-2H3. The van der Waals surface area contributed by atoms with E-state index in [-0.39, 0.29) is 17.7 Å². The lowest BCUT2D eigenvalue weighted by Crippen LogP contribution is -2.07. The Morgan fingerprint density at radius 1 is 1.11 bits per heavy atom. The Morgan fingerprint density at radius 3 is 2.47 bits per heavy atom. The zero-order chi connectivity index (χ0) is 14.0. The fraction of sp³-hybridized carbons (Fsp3) is 0.200. The first-order chi connectivity index (χ1) is 8.95. The van der Waals surface area contributed by atoms with Crippen molar-refractivity contribution in [1.82, 2.24) is 0 Å². The number of rotatable bonds is 3. The van der Waals surface area contributed by atoms with Crippen LogP contribution in [0.4, 0.5) is 14.5 Å². The van der Waals surface area contributed by atoms with Gasteiger partial charge in [-0.3, -0.25) is 0 Å². The predicted molar refractivity (Wildman–Crippen MR) is 77.3 cm³/mol. The molecule has 2 aromatic carbocycles. The Balaban J connectivity index is 2.20. The highest BCUT2D eigenvalue weighted by Crippen LogP contribution is 2.24. The van der Waals surface area contributed by atoms with Crippen molar-refractivity contribution in [3.05, 3.63) is 63.6 Å². The number of benzene rings is 2. The Hall–Kier alpha value is -1.42. The topological polar surface area (TPSA) is 12.0 Å². The van der Waals surface area contributed by atoms with E-state index in [2.05, 4.69) is 21.2 Å². The van der Waals surface area contributed by atoms with E-state index in [4.69, 9.17) is 0 Å². The van der Waals surface area contributed by atoms with Crippen molar-refractivity contribution in [2.24, 2.45) is 0 Å². The van der Waals surface area contributed by atoms with Crippen LogP contribution in [0, 0.1) is 18.6 Å². The monoisotopic (exact) mass is 325 g/mol. The number of halogens is 3. The highest BCUT2D eigenvalue weighted by atomic mass is 79.9. The van der Waals surface area contributed by atoms with Gasteiger partial charge in [0.25, 0.3) is 0 Å². The average Bonchev–Trinajstić information content (AvgIpc) is 2.31. The summed E-state index contributed by atoms with van der Waals surface area (Å²) in [4.78, 5) is 0. The zero-order valence-electron chi connectivity index (χ0n) is 10.7. The minimum Gasteiger partial charge on any atom is -0.378 e. The third-order valence-corrected chi connectivity index (χ3v) is 3.48. The van der Waals surface area contributed by atoms with Gasteiger partial charge in [0.2, 0.25) is 0 Å². The molecule has 0 aliphatic heterocycles. The maximum atomic E-state index is 13.3. The third-order valence-electron chi connectivity index (χ3n) is 2.87. The molecule has 4 heteroatoms. The molecule has 100 valence electrons. The minimum absolute atomic E-state index is 0.0434. The highest BCUT2D eigenvalue weighted by molar-refractivity contribution is 9.10. The first-order valence-corrected chi connectivity index (χ1v) is 6.73. The summed E-state index contributed by atoms with van der Waals surface area (Å²) in [6.45, 7) is 3.79. The first kappa shape index (κ1) is 14.0. The Bertz CT molecular complexity index is 578. The summed E-state index contributed by atoms with van der Waals surface area (Å²) in [5.41, 5.74) is 2.50. The molecule has 0 saturated heterocycles. The van der Waals surface area contributed by atoms with E-state index in [1.54, 1.807) is 12.1 Å². The van der Waals surface area contributed by atoms with E-state index >= 15 is 0 Å². The van der Waals surface area contributed by atoms with Crippen LogP contribution in [0.15, 0.2) is 40.9 Å². The average molecular weight is 326 g/mol. The molecule has 0 radical (unpaired) electrons. The van der Waals surface area contributed by atoms with Crippen LogP contribution in [-0.4, -0.2) is 0 Å². The van der Waals surface area contributed by atoms with Gasteiger partial charge in [0.05, 0.1) is 4.47 Å². The lowest BCUT2D eigenvalue weighted by molar-refractivity contribution is 0.619. The maximum Gasteiger partial charge on any atom is 0.137 e. The van der Waals surface area contributed by atoms with Gasteiger partial charge in [0.1, 0.15) is 11.6 Å². The lowest BCUT2D eigenvalue weighted by Gasteiger charge is -2.16. The van der Waals surface area contributed by atoms with Gasteiger partial charge >= 0.3 is 0 Å². The summed E-state index contributed by atoms with van der Waals surface area (Å²) >= 11 is 3.16. The second-order valence-electron chi connectivity index (χ2n) is 4.56. The zero-order valence-corrected chi connectivity index (χ0v) is 12.3. The summed E-state index contributed by atoms with van der Waals surface area (Å²) in [5, 5.41) is 3.20. The second-order valence-corrected chi connectivity index (χ2v) is 5.41. The molecule has 1 nitrogen and oxygen atoms in total. The molecule has 0 fully saturated rings. The van der Waals surface area contributed by atoms with Gasteiger partial charge in [-0.15, -0.1) is 0 Å². The Morgan fingerprint density at radius 2 is 1.84 bits per heavy atom. The van der Waals surface area contributed by atoms with Crippen LogP contribution in [0.2, 0.25) is 0 Å². The van der Waals surface area contributed by atoms with Crippen LogP contribution in [0.1, 0.15) is 24.1 Å².